The highest BCUT2D eigenvalue weighted by Gasteiger charge is 2.20. The molecule has 0 amide bonds. The Hall–Kier alpha value is -0.570. The highest BCUT2D eigenvalue weighted by molar-refractivity contribution is 9.10. The van der Waals surface area contributed by atoms with E-state index in [0.717, 1.165) is 17.2 Å². The lowest BCUT2D eigenvalue weighted by atomic mass is 9.84. The van der Waals surface area contributed by atoms with E-state index in [-0.39, 0.29) is 5.82 Å². The lowest BCUT2D eigenvalue weighted by Gasteiger charge is -2.29. The van der Waals surface area contributed by atoms with E-state index < -0.39 is 0 Å². The van der Waals surface area contributed by atoms with Crippen LogP contribution in [-0.2, 0) is 0 Å². The predicted octanol–water partition coefficient (Wildman–Crippen LogP) is 5.28. The maximum Gasteiger partial charge on any atom is 0.137 e. The highest BCUT2D eigenvalue weighted by atomic mass is 79.9. The Morgan fingerprint density at radius 2 is 1.94 bits per heavy atom. The van der Waals surface area contributed by atoms with Crippen molar-refractivity contribution in [1.29, 1.82) is 0 Å². The van der Waals surface area contributed by atoms with Crippen molar-refractivity contribution >= 4 is 21.6 Å². The minimum Gasteiger partial charge on any atom is -0.382 e. The van der Waals surface area contributed by atoms with Crippen molar-refractivity contribution in [3.05, 3.63) is 28.0 Å². The van der Waals surface area contributed by atoms with Crippen LogP contribution in [0.2, 0.25) is 0 Å². The Morgan fingerprint density at radius 3 is 2.61 bits per heavy atom. The summed E-state index contributed by atoms with van der Waals surface area (Å²) in [7, 11) is 0. The fraction of sp³-hybridized carbons (Fsp3) is 0.600. The van der Waals surface area contributed by atoms with E-state index in [2.05, 4.69) is 28.2 Å². The van der Waals surface area contributed by atoms with Gasteiger partial charge in [0.25, 0.3) is 0 Å². The fourth-order valence-electron chi connectivity index (χ4n) is 2.80. The summed E-state index contributed by atoms with van der Waals surface area (Å²) in [5.74, 6) is 0.561. The summed E-state index contributed by atoms with van der Waals surface area (Å²) in [4.78, 5) is 0. The van der Waals surface area contributed by atoms with Crippen molar-refractivity contribution < 1.29 is 4.39 Å². The third-order valence-electron chi connectivity index (χ3n) is 4.01. The van der Waals surface area contributed by atoms with Crippen LogP contribution >= 0.6 is 15.9 Å². The molecule has 1 unspecified atom stereocenters. The van der Waals surface area contributed by atoms with Gasteiger partial charge in [0.15, 0.2) is 0 Å². The topological polar surface area (TPSA) is 12.0 Å². The van der Waals surface area contributed by atoms with Crippen molar-refractivity contribution in [2.75, 3.05) is 5.32 Å². The third kappa shape index (κ3) is 3.25. The summed E-state index contributed by atoms with van der Waals surface area (Å²) in [6, 6.07) is 3.89. The molecule has 1 aliphatic rings. The molecule has 18 heavy (non-hydrogen) atoms. The largest absolute Gasteiger partial charge is 0.382 e. The molecule has 0 bridgehead atoms. The first-order valence-electron chi connectivity index (χ1n) is 6.80. The number of hydrogen-bond acceptors (Lipinski definition) is 1. The van der Waals surface area contributed by atoms with Crippen molar-refractivity contribution in [3.8, 4) is 0 Å². The molecular formula is C15H21BrFN. The van der Waals surface area contributed by atoms with Gasteiger partial charge in [-0.05, 0) is 66.2 Å². The van der Waals surface area contributed by atoms with Crippen LogP contribution in [-0.4, -0.2) is 6.04 Å². The van der Waals surface area contributed by atoms with Gasteiger partial charge in [0.05, 0.1) is 4.47 Å². The molecule has 0 aromatic heterocycles. The molecule has 0 spiro atoms. The van der Waals surface area contributed by atoms with Gasteiger partial charge < -0.3 is 5.32 Å². The van der Waals surface area contributed by atoms with Crippen molar-refractivity contribution in [2.45, 2.75) is 52.0 Å². The first-order valence-corrected chi connectivity index (χ1v) is 7.59. The molecule has 1 aliphatic carbocycles. The van der Waals surface area contributed by atoms with Gasteiger partial charge in [0.2, 0.25) is 0 Å². The minimum atomic E-state index is -0.191. The first kappa shape index (κ1) is 13.9. The number of hydrogen-bond donors (Lipinski definition) is 1. The van der Waals surface area contributed by atoms with Gasteiger partial charge in [-0.25, -0.2) is 4.39 Å². The number of rotatable bonds is 3. The van der Waals surface area contributed by atoms with Gasteiger partial charge in [-0.2, -0.15) is 0 Å². The molecule has 2 rings (SSSR count). The van der Waals surface area contributed by atoms with Crippen LogP contribution in [0.25, 0.3) is 0 Å². The number of nitrogens with one attached hydrogen (secondary N) is 1. The fourth-order valence-corrected chi connectivity index (χ4v) is 3.14. The number of aryl methyl sites for hydroxylation is 1. The molecule has 1 aromatic rings. The lowest BCUT2D eigenvalue weighted by molar-refractivity contribution is 0.328. The second-order valence-electron chi connectivity index (χ2n) is 5.41. The van der Waals surface area contributed by atoms with Crippen LogP contribution in [0.1, 0.15) is 44.6 Å². The predicted molar refractivity (Wildman–Crippen MR) is 78.5 cm³/mol. The van der Waals surface area contributed by atoms with E-state index >= 15 is 0 Å². The second-order valence-corrected chi connectivity index (χ2v) is 6.27. The standard InChI is InChI=1S/C15H21BrFN/c1-10-8-14(17)13(16)9-15(10)18-11(2)12-6-4-3-5-7-12/h8-9,11-12,18H,3-7H2,1-2H3. The molecule has 0 saturated heterocycles. The molecule has 0 radical (unpaired) electrons. The summed E-state index contributed by atoms with van der Waals surface area (Å²) in [5.41, 5.74) is 2.01. The van der Waals surface area contributed by atoms with E-state index in [1.165, 1.54) is 32.1 Å². The summed E-state index contributed by atoms with van der Waals surface area (Å²) in [6.45, 7) is 4.19. The molecular weight excluding hydrogens is 293 g/mol. The molecule has 3 heteroatoms. The van der Waals surface area contributed by atoms with Crippen LogP contribution in [0, 0.1) is 18.7 Å². The Kier molecular flexibility index (Phi) is 4.66. The smallest absolute Gasteiger partial charge is 0.137 e. The monoisotopic (exact) mass is 313 g/mol. The van der Waals surface area contributed by atoms with Gasteiger partial charge >= 0.3 is 0 Å². The van der Waals surface area contributed by atoms with Crippen LogP contribution in [0.15, 0.2) is 16.6 Å². The maximum absolute atomic E-state index is 13.4. The van der Waals surface area contributed by atoms with E-state index in [1.54, 1.807) is 6.07 Å². The van der Waals surface area contributed by atoms with Gasteiger partial charge in [0, 0.05) is 11.7 Å². The molecule has 0 aliphatic heterocycles. The van der Waals surface area contributed by atoms with Gasteiger partial charge in [-0.3, -0.25) is 0 Å². The van der Waals surface area contributed by atoms with E-state index in [0.29, 0.717) is 10.5 Å². The van der Waals surface area contributed by atoms with Crippen LogP contribution in [0.4, 0.5) is 10.1 Å². The normalized spacial score (nSPS) is 18.7. The number of anilines is 1. The lowest BCUT2D eigenvalue weighted by Crippen LogP contribution is -2.28. The molecule has 1 N–H and O–H groups in total. The Labute approximate surface area is 117 Å². The van der Waals surface area contributed by atoms with E-state index in [9.17, 15) is 4.39 Å². The highest BCUT2D eigenvalue weighted by Crippen LogP contribution is 2.30. The molecule has 1 saturated carbocycles. The molecule has 0 heterocycles. The third-order valence-corrected chi connectivity index (χ3v) is 4.62. The van der Waals surface area contributed by atoms with Crippen molar-refractivity contribution in [2.24, 2.45) is 5.92 Å². The average molecular weight is 314 g/mol. The van der Waals surface area contributed by atoms with Crippen LogP contribution in [0.5, 0.6) is 0 Å². The molecule has 1 atom stereocenters. The first-order chi connectivity index (χ1) is 8.58. The second kappa shape index (κ2) is 6.05. The van der Waals surface area contributed by atoms with E-state index in [4.69, 9.17) is 0 Å². The Morgan fingerprint density at radius 1 is 1.28 bits per heavy atom. The zero-order valence-corrected chi connectivity index (χ0v) is 12.7. The minimum absolute atomic E-state index is 0.191. The maximum atomic E-state index is 13.4. The van der Waals surface area contributed by atoms with Gasteiger partial charge in [-0.15, -0.1) is 0 Å². The average Bonchev–Trinajstić information content (AvgIpc) is 2.37. The quantitative estimate of drug-likeness (QED) is 0.800. The SMILES string of the molecule is Cc1cc(F)c(Br)cc1NC(C)C1CCCCC1. The summed E-state index contributed by atoms with van der Waals surface area (Å²) in [5, 5.41) is 3.55. The molecule has 1 fully saturated rings. The number of halogens is 2. The molecule has 1 nitrogen and oxygen atoms in total. The zero-order valence-electron chi connectivity index (χ0n) is 11.1. The van der Waals surface area contributed by atoms with E-state index in [1.807, 2.05) is 13.0 Å². The van der Waals surface area contributed by atoms with Gasteiger partial charge in [0.1, 0.15) is 5.82 Å². The van der Waals surface area contributed by atoms with Crippen molar-refractivity contribution in [1.82, 2.24) is 0 Å². The Bertz CT molecular complexity index is 413. The number of benzene rings is 1. The zero-order chi connectivity index (χ0) is 13.1. The van der Waals surface area contributed by atoms with Crippen molar-refractivity contribution in [3.63, 3.8) is 0 Å². The summed E-state index contributed by atoms with van der Waals surface area (Å²) in [6.07, 6.45) is 6.71. The molecule has 1 aromatic carbocycles. The Balaban J connectivity index is 2.06. The van der Waals surface area contributed by atoms with Crippen LogP contribution in [0.3, 0.4) is 0 Å². The summed E-state index contributed by atoms with van der Waals surface area (Å²) >= 11 is 3.25. The van der Waals surface area contributed by atoms with Crippen LogP contribution < -0.4 is 5.32 Å². The molecule has 100 valence electrons. The van der Waals surface area contributed by atoms with Gasteiger partial charge in [-0.1, -0.05) is 19.3 Å². The summed E-state index contributed by atoms with van der Waals surface area (Å²) < 4.78 is 13.9.